The Morgan fingerprint density at radius 1 is 1.16 bits per heavy atom. The van der Waals surface area contributed by atoms with E-state index in [0.29, 0.717) is 16.5 Å². The van der Waals surface area contributed by atoms with Crippen LogP contribution in [-0.2, 0) is 21.2 Å². The van der Waals surface area contributed by atoms with Gasteiger partial charge in [-0.1, -0.05) is 41.4 Å². The number of hydrogen-bond acceptors (Lipinski definition) is 3. The lowest BCUT2D eigenvalue weighted by molar-refractivity contribution is -0.121. The highest BCUT2D eigenvalue weighted by Gasteiger charge is 2.13. The summed E-state index contributed by atoms with van der Waals surface area (Å²) in [6, 6.07) is 11.0. The molecule has 0 aliphatic heterocycles. The molecule has 2 rings (SSSR count). The molecule has 0 bridgehead atoms. The zero-order valence-corrected chi connectivity index (χ0v) is 15.8. The minimum atomic E-state index is -3.71. The van der Waals surface area contributed by atoms with Gasteiger partial charge in [-0.2, -0.15) is 0 Å². The van der Waals surface area contributed by atoms with Gasteiger partial charge in [0.05, 0.1) is 10.9 Å². The van der Waals surface area contributed by atoms with Crippen LogP contribution in [0, 0.1) is 0 Å². The molecule has 2 aromatic rings. The molecule has 2 aromatic carbocycles. The van der Waals surface area contributed by atoms with Crippen LogP contribution in [0.15, 0.2) is 47.4 Å². The lowest BCUT2D eigenvalue weighted by atomic mass is 10.1. The van der Waals surface area contributed by atoms with Gasteiger partial charge < -0.3 is 5.32 Å². The summed E-state index contributed by atoms with van der Waals surface area (Å²) in [6.45, 7) is 1.84. The quantitative estimate of drug-likeness (QED) is 0.777. The van der Waals surface area contributed by atoms with Crippen molar-refractivity contribution < 1.29 is 13.2 Å². The molecule has 134 valence electrons. The zero-order chi connectivity index (χ0) is 18.6. The first-order valence-electron chi connectivity index (χ1n) is 7.53. The van der Waals surface area contributed by atoms with Crippen LogP contribution >= 0.6 is 23.2 Å². The van der Waals surface area contributed by atoms with E-state index in [2.05, 4.69) is 5.32 Å². The SMILES string of the molecule is CC(NC(=O)CCc1ccc(S(N)(=O)=O)cc1)c1ccc(Cl)cc1Cl. The molecule has 0 aliphatic carbocycles. The summed E-state index contributed by atoms with van der Waals surface area (Å²) < 4.78 is 22.4. The fourth-order valence-electron chi connectivity index (χ4n) is 2.35. The van der Waals surface area contributed by atoms with Crippen molar-refractivity contribution in [2.24, 2.45) is 5.14 Å². The molecule has 0 spiro atoms. The maximum Gasteiger partial charge on any atom is 0.238 e. The maximum atomic E-state index is 12.1. The van der Waals surface area contributed by atoms with E-state index in [-0.39, 0.29) is 23.3 Å². The molecule has 0 aliphatic rings. The van der Waals surface area contributed by atoms with Gasteiger partial charge in [0.15, 0.2) is 0 Å². The van der Waals surface area contributed by atoms with Gasteiger partial charge >= 0.3 is 0 Å². The second-order valence-corrected chi connectivity index (χ2v) is 8.05. The average molecular weight is 401 g/mol. The number of carbonyl (C=O) groups excluding carboxylic acids is 1. The number of primary sulfonamides is 1. The van der Waals surface area contributed by atoms with Crippen molar-refractivity contribution in [3.05, 3.63) is 63.6 Å². The van der Waals surface area contributed by atoms with Crippen LogP contribution in [0.2, 0.25) is 10.0 Å². The van der Waals surface area contributed by atoms with Crippen LogP contribution in [-0.4, -0.2) is 14.3 Å². The van der Waals surface area contributed by atoms with Gasteiger partial charge in [0.1, 0.15) is 0 Å². The van der Waals surface area contributed by atoms with E-state index in [1.807, 2.05) is 6.92 Å². The van der Waals surface area contributed by atoms with Crippen molar-refractivity contribution in [2.75, 3.05) is 0 Å². The van der Waals surface area contributed by atoms with E-state index < -0.39 is 10.0 Å². The molecule has 8 heteroatoms. The Morgan fingerprint density at radius 3 is 2.36 bits per heavy atom. The van der Waals surface area contributed by atoms with Crippen LogP contribution in [0.5, 0.6) is 0 Å². The van der Waals surface area contributed by atoms with E-state index in [9.17, 15) is 13.2 Å². The second kappa shape index (κ2) is 8.19. The summed E-state index contributed by atoms with van der Waals surface area (Å²) in [5, 5.41) is 8.97. The molecule has 1 atom stereocenters. The second-order valence-electron chi connectivity index (χ2n) is 5.64. The molecular weight excluding hydrogens is 383 g/mol. The van der Waals surface area contributed by atoms with Crippen molar-refractivity contribution in [3.63, 3.8) is 0 Å². The number of nitrogens with two attached hydrogens (primary N) is 1. The molecule has 25 heavy (non-hydrogen) atoms. The summed E-state index contributed by atoms with van der Waals surface area (Å²) in [7, 11) is -3.71. The maximum absolute atomic E-state index is 12.1. The van der Waals surface area contributed by atoms with Gasteiger partial charge in [0.2, 0.25) is 15.9 Å². The Morgan fingerprint density at radius 2 is 1.80 bits per heavy atom. The van der Waals surface area contributed by atoms with Crippen LogP contribution < -0.4 is 10.5 Å². The number of benzene rings is 2. The standard InChI is InChI=1S/C17H18Cl2N2O3S/c1-11(15-8-5-13(18)10-16(15)19)21-17(22)9-4-12-2-6-14(7-3-12)25(20,23)24/h2-3,5-8,10-11H,4,9H2,1H3,(H,21,22)(H2,20,23,24). The lowest BCUT2D eigenvalue weighted by Crippen LogP contribution is -2.27. The van der Waals surface area contributed by atoms with Gasteiger partial charge in [0.25, 0.3) is 0 Å². The number of carbonyl (C=O) groups is 1. The van der Waals surface area contributed by atoms with Gasteiger partial charge in [-0.3, -0.25) is 4.79 Å². The minimum Gasteiger partial charge on any atom is -0.350 e. The Bertz CT molecular complexity index is 868. The molecule has 1 amide bonds. The third-order valence-electron chi connectivity index (χ3n) is 3.70. The highest BCUT2D eigenvalue weighted by Crippen LogP contribution is 2.26. The van der Waals surface area contributed by atoms with Gasteiger partial charge in [-0.05, 0) is 48.7 Å². The first-order chi connectivity index (χ1) is 11.7. The van der Waals surface area contributed by atoms with Crippen LogP contribution in [0.4, 0.5) is 0 Å². The summed E-state index contributed by atoms with van der Waals surface area (Å²) in [5.41, 5.74) is 1.64. The number of rotatable bonds is 6. The van der Waals surface area contributed by atoms with E-state index in [1.165, 1.54) is 12.1 Å². The Balaban J connectivity index is 1.92. The smallest absolute Gasteiger partial charge is 0.238 e. The predicted octanol–water partition coefficient (Wildman–Crippen LogP) is 3.45. The number of aryl methyl sites for hydroxylation is 1. The Kier molecular flexibility index (Phi) is 6.46. The number of nitrogens with one attached hydrogen (secondary N) is 1. The summed E-state index contributed by atoms with van der Waals surface area (Å²) in [6.07, 6.45) is 0.752. The number of amides is 1. The number of sulfonamides is 1. The largest absolute Gasteiger partial charge is 0.350 e. The van der Waals surface area contributed by atoms with E-state index >= 15 is 0 Å². The minimum absolute atomic E-state index is 0.0479. The van der Waals surface area contributed by atoms with E-state index in [0.717, 1.165) is 11.1 Å². The fraction of sp³-hybridized carbons (Fsp3) is 0.235. The molecule has 0 aromatic heterocycles. The first-order valence-corrected chi connectivity index (χ1v) is 9.83. The number of hydrogen-bond donors (Lipinski definition) is 2. The molecule has 0 saturated carbocycles. The van der Waals surface area contributed by atoms with Crippen LogP contribution in [0.25, 0.3) is 0 Å². The van der Waals surface area contributed by atoms with Gasteiger partial charge in [-0.25, -0.2) is 13.6 Å². The van der Waals surface area contributed by atoms with Crippen LogP contribution in [0.3, 0.4) is 0 Å². The van der Waals surface area contributed by atoms with Crippen molar-refractivity contribution in [3.8, 4) is 0 Å². The first kappa shape index (κ1) is 19.7. The van der Waals surface area contributed by atoms with Crippen molar-refractivity contribution in [1.29, 1.82) is 0 Å². The highest BCUT2D eigenvalue weighted by atomic mass is 35.5. The summed E-state index contributed by atoms with van der Waals surface area (Å²) in [5.74, 6) is -0.131. The molecule has 0 saturated heterocycles. The molecule has 3 N–H and O–H groups in total. The molecule has 0 fully saturated rings. The van der Waals surface area contributed by atoms with Crippen molar-refractivity contribution in [2.45, 2.75) is 30.7 Å². The third kappa shape index (κ3) is 5.71. The van der Waals surface area contributed by atoms with E-state index in [1.54, 1.807) is 30.3 Å². The normalized spacial score (nSPS) is 12.6. The van der Waals surface area contributed by atoms with E-state index in [4.69, 9.17) is 28.3 Å². The summed E-state index contributed by atoms with van der Waals surface area (Å²) >= 11 is 12.0. The third-order valence-corrected chi connectivity index (χ3v) is 5.19. The van der Waals surface area contributed by atoms with Gasteiger partial charge in [0, 0.05) is 16.5 Å². The molecular formula is C17H18Cl2N2O3S. The fourth-order valence-corrected chi connectivity index (χ4v) is 3.44. The summed E-state index contributed by atoms with van der Waals surface area (Å²) in [4.78, 5) is 12.2. The molecule has 0 heterocycles. The lowest BCUT2D eigenvalue weighted by Gasteiger charge is -2.16. The number of halogens is 2. The predicted molar refractivity (Wildman–Crippen MR) is 99.2 cm³/mol. The molecule has 1 unspecified atom stereocenters. The average Bonchev–Trinajstić information content (AvgIpc) is 2.52. The Labute approximate surface area is 157 Å². The van der Waals surface area contributed by atoms with Crippen molar-refractivity contribution in [1.82, 2.24) is 5.32 Å². The zero-order valence-electron chi connectivity index (χ0n) is 13.5. The highest BCUT2D eigenvalue weighted by molar-refractivity contribution is 7.89. The van der Waals surface area contributed by atoms with Crippen molar-refractivity contribution >= 4 is 39.1 Å². The Hall–Kier alpha value is -1.60. The van der Waals surface area contributed by atoms with Crippen LogP contribution in [0.1, 0.15) is 30.5 Å². The molecule has 5 nitrogen and oxygen atoms in total. The monoisotopic (exact) mass is 400 g/mol. The molecule has 0 radical (unpaired) electrons. The topological polar surface area (TPSA) is 89.3 Å². The van der Waals surface area contributed by atoms with Gasteiger partial charge in [-0.15, -0.1) is 0 Å².